The van der Waals surface area contributed by atoms with Crippen molar-refractivity contribution in [2.24, 2.45) is 0 Å². The molecule has 2 amide bonds. The Morgan fingerprint density at radius 2 is 1.62 bits per heavy atom. The smallest absolute Gasteiger partial charge is 0.352 e. The second-order valence-corrected chi connectivity index (χ2v) is 7.06. The molecule has 1 saturated heterocycles. The van der Waals surface area contributed by atoms with Crippen LogP contribution in [0.5, 0.6) is 0 Å². The fourth-order valence-corrected chi connectivity index (χ4v) is 3.30. The molecule has 2 N–H and O–H groups in total. The number of urea groups is 1. The molecule has 1 aliphatic heterocycles. The molecule has 1 aromatic carbocycles. The van der Waals surface area contributed by atoms with Crippen molar-refractivity contribution in [2.75, 3.05) is 41.7 Å². The van der Waals surface area contributed by atoms with Crippen LogP contribution in [0.25, 0.3) is 0 Å². The predicted octanol–water partition coefficient (Wildman–Crippen LogP) is 3.99. The maximum absolute atomic E-state index is 13.1. The Bertz CT molecular complexity index is 1050. The van der Waals surface area contributed by atoms with Crippen molar-refractivity contribution in [1.29, 1.82) is 0 Å². The summed E-state index contributed by atoms with van der Waals surface area (Å²) in [7, 11) is 0. The topological polar surface area (TPSA) is 86.3 Å². The first-order valence-corrected chi connectivity index (χ1v) is 9.89. The van der Waals surface area contributed by atoms with Gasteiger partial charge < -0.3 is 20.4 Å². The lowest BCUT2D eigenvalue weighted by Gasteiger charge is -2.35. The summed E-state index contributed by atoms with van der Waals surface area (Å²) in [5, 5.41) is 13.8. The molecule has 3 heterocycles. The van der Waals surface area contributed by atoms with E-state index in [0.29, 0.717) is 43.6 Å². The van der Waals surface area contributed by atoms with Gasteiger partial charge in [-0.1, -0.05) is 18.2 Å². The number of alkyl halides is 3. The molecule has 166 valence electrons. The molecule has 0 atom stereocenters. The fourth-order valence-electron chi connectivity index (χ4n) is 3.30. The van der Waals surface area contributed by atoms with Crippen molar-refractivity contribution in [1.82, 2.24) is 20.1 Å². The molecule has 1 fully saturated rings. The van der Waals surface area contributed by atoms with Gasteiger partial charge in [-0.3, -0.25) is 0 Å². The molecule has 0 aliphatic carbocycles. The first kappa shape index (κ1) is 21.3. The largest absolute Gasteiger partial charge is 0.418 e. The van der Waals surface area contributed by atoms with E-state index in [1.807, 2.05) is 29.2 Å². The summed E-state index contributed by atoms with van der Waals surface area (Å²) in [4.78, 5) is 20.1. The van der Waals surface area contributed by atoms with E-state index in [2.05, 4.69) is 25.8 Å². The first-order valence-electron chi connectivity index (χ1n) is 9.89. The molecule has 0 saturated carbocycles. The third-order valence-corrected chi connectivity index (χ3v) is 4.94. The maximum Gasteiger partial charge on any atom is 0.418 e. The highest BCUT2D eigenvalue weighted by molar-refractivity contribution is 5.90. The predicted molar refractivity (Wildman–Crippen MR) is 114 cm³/mol. The Labute approximate surface area is 182 Å². The zero-order valence-electron chi connectivity index (χ0n) is 16.9. The third-order valence-electron chi connectivity index (χ3n) is 4.94. The van der Waals surface area contributed by atoms with E-state index in [4.69, 9.17) is 0 Å². The van der Waals surface area contributed by atoms with Gasteiger partial charge in [0.05, 0.1) is 11.3 Å². The number of hydrogen-bond acceptors (Lipinski definition) is 6. The summed E-state index contributed by atoms with van der Waals surface area (Å²) in [6, 6.07) is 13.4. The van der Waals surface area contributed by atoms with Gasteiger partial charge in [-0.2, -0.15) is 13.2 Å². The summed E-state index contributed by atoms with van der Waals surface area (Å²) in [6.45, 7) is 1.65. The summed E-state index contributed by atoms with van der Waals surface area (Å²) in [5.74, 6) is 1.86. The maximum atomic E-state index is 13.1. The Morgan fingerprint density at radius 3 is 2.28 bits per heavy atom. The minimum absolute atomic E-state index is 0.255. The van der Waals surface area contributed by atoms with Crippen LogP contribution in [-0.2, 0) is 6.18 Å². The minimum Gasteiger partial charge on any atom is -0.352 e. The summed E-state index contributed by atoms with van der Waals surface area (Å²) < 4.78 is 39.4. The number of halogens is 3. The lowest BCUT2D eigenvalue weighted by atomic mass is 10.1. The number of aromatic nitrogens is 3. The molecule has 8 nitrogen and oxygen atoms in total. The van der Waals surface area contributed by atoms with Crippen LogP contribution in [0, 0.1) is 0 Å². The Kier molecular flexibility index (Phi) is 6.06. The highest BCUT2D eigenvalue weighted by Gasteiger charge is 2.34. The molecule has 0 bridgehead atoms. The van der Waals surface area contributed by atoms with E-state index < -0.39 is 17.8 Å². The van der Waals surface area contributed by atoms with Gasteiger partial charge in [-0.15, -0.1) is 10.2 Å². The zero-order chi connectivity index (χ0) is 22.6. The van der Waals surface area contributed by atoms with E-state index in [0.717, 1.165) is 6.07 Å². The number of nitrogens with zero attached hydrogens (tertiary/aromatic N) is 5. The van der Waals surface area contributed by atoms with Crippen molar-refractivity contribution in [3.05, 3.63) is 66.4 Å². The molecule has 0 unspecified atom stereocenters. The standard InChI is InChI=1S/C21H20F3N7O/c22-21(23,24)15-5-1-2-6-16(15)26-20(32)31-13-11-30(12-14-31)19-9-8-18(28-29-19)27-17-7-3-4-10-25-17/h1-10H,11-14H2,(H,26,32)(H,25,27,28). The number of anilines is 4. The molecule has 2 aromatic heterocycles. The molecule has 1 aliphatic rings. The third kappa shape index (κ3) is 5.05. The van der Waals surface area contributed by atoms with Gasteiger partial charge in [0, 0.05) is 32.4 Å². The van der Waals surface area contributed by atoms with E-state index in [1.54, 1.807) is 12.3 Å². The molecule has 3 aromatic rings. The molecule has 32 heavy (non-hydrogen) atoms. The number of nitrogens with one attached hydrogen (secondary N) is 2. The minimum atomic E-state index is -4.54. The molecule has 4 rings (SSSR count). The Hall–Kier alpha value is -3.89. The van der Waals surface area contributed by atoms with E-state index in [1.165, 1.54) is 23.1 Å². The van der Waals surface area contributed by atoms with Crippen molar-refractivity contribution < 1.29 is 18.0 Å². The summed E-state index contributed by atoms with van der Waals surface area (Å²) in [6.07, 6.45) is -2.87. The molecular formula is C21H20F3N7O. The number of hydrogen-bond donors (Lipinski definition) is 2. The monoisotopic (exact) mass is 443 g/mol. The number of para-hydroxylation sites is 1. The van der Waals surface area contributed by atoms with Crippen LogP contribution in [0.3, 0.4) is 0 Å². The number of carbonyl (C=O) groups excluding carboxylic acids is 1. The van der Waals surface area contributed by atoms with Crippen molar-refractivity contribution in [2.45, 2.75) is 6.18 Å². The molecular weight excluding hydrogens is 423 g/mol. The molecule has 0 radical (unpaired) electrons. The van der Waals surface area contributed by atoms with E-state index in [9.17, 15) is 18.0 Å². The van der Waals surface area contributed by atoms with Gasteiger partial charge in [0.25, 0.3) is 0 Å². The van der Waals surface area contributed by atoms with Crippen LogP contribution in [0.15, 0.2) is 60.8 Å². The quantitative estimate of drug-likeness (QED) is 0.634. The van der Waals surface area contributed by atoms with Gasteiger partial charge in [-0.25, -0.2) is 9.78 Å². The van der Waals surface area contributed by atoms with E-state index >= 15 is 0 Å². The van der Waals surface area contributed by atoms with Crippen LogP contribution in [0.1, 0.15) is 5.56 Å². The number of pyridine rings is 1. The second-order valence-electron chi connectivity index (χ2n) is 7.06. The Balaban J connectivity index is 1.33. The molecule has 0 spiro atoms. The number of rotatable bonds is 4. The van der Waals surface area contributed by atoms with Gasteiger partial charge in [0.2, 0.25) is 0 Å². The number of carbonyl (C=O) groups is 1. The highest BCUT2D eigenvalue weighted by Crippen LogP contribution is 2.34. The lowest BCUT2D eigenvalue weighted by molar-refractivity contribution is -0.136. The van der Waals surface area contributed by atoms with Crippen molar-refractivity contribution in [3.8, 4) is 0 Å². The SMILES string of the molecule is O=C(Nc1ccccc1C(F)(F)F)N1CCN(c2ccc(Nc3ccccn3)nn2)CC1. The van der Waals surface area contributed by atoms with Crippen LogP contribution in [0.2, 0.25) is 0 Å². The van der Waals surface area contributed by atoms with Crippen LogP contribution in [0.4, 0.5) is 41.1 Å². The number of benzene rings is 1. The number of piperazine rings is 1. The second kappa shape index (κ2) is 9.08. The van der Waals surface area contributed by atoms with E-state index in [-0.39, 0.29) is 5.69 Å². The average molecular weight is 443 g/mol. The van der Waals surface area contributed by atoms with Gasteiger partial charge in [-0.05, 0) is 36.4 Å². The van der Waals surface area contributed by atoms with Crippen LogP contribution in [-0.4, -0.2) is 52.3 Å². The first-order chi connectivity index (χ1) is 15.4. The number of amides is 2. The van der Waals surface area contributed by atoms with Gasteiger partial charge in [0.15, 0.2) is 11.6 Å². The molecule has 11 heteroatoms. The highest BCUT2D eigenvalue weighted by atomic mass is 19.4. The van der Waals surface area contributed by atoms with Crippen molar-refractivity contribution in [3.63, 3.8) is 0 Å². The normalized spacial score (nSPS) is 14.2. The van der Waals surface area contributed by atoms with Crippen molar-refractivity contribution >= 4 is 29.2 Å². The Morgan fingerprint density at radius 1 is 0.875 bits per heavy atom. The average Bonchev–Trinajstić information content (AvgIpc) is 2.80. The zero-order valence-corrected chi connectivity index (χ0v) is 16.9. The van der Waals surface area contributed by atoms with Crippen LogP contribution >= 0.6 is 0 Å². The lowest BCUT2D eigenvalue weighted by Crippen LogP contribution is -2.50. The summed E-state index contributed by atoms with van der Waals surface area (Å²) in [5.41, 5.74) is -1.13. The van der Waals surface area contributed by atoms with Gasteiger partial charge >= 0.3 is 12.2 Å². The summed E-state index contributed by atoms with van der Waals surface area (Å²) >= 11 is 0. The fraction of sp³-hybridized carbons (Fsp3) is 0.238. The van der Waals surface area contributed by atoms with Gasteiger partial charge in [0.1, 0.15) is 5.82 Å². The van der Waals surface area contributed by atoms with Crippen LogP contribution < -0.4 is 15.5 Å².